The molecule has 1 heterocycles. The molecule has 0 fully saturated rings. The van der Waals surface area contributed by atoms with E-state index < -0.39 is 0 Å². The zero-order chi connectivity index (χ0) is 30.2. The number of benzene rings is 7. The normalized spacial score (nSPS) is 11.6. The third-order valence-electron chi connectivity index (χ3n) is 8.48. The van der Waals surface area contributed by atoms with Gasteiger partial charge >= 0.3 is 0 Å². The molecule has 1 aliphatic rings. The van der Waals surface area contributed by atoms with Crippen LogP contribution < -0.4 is 9.80 Å². The van der Waals surface area contributed by atoms with Crippen LogP contribution in [-0.4, -0.2) is 0 Å². The summed E-state index contributed by atoms with van der Waals surface area (Å²) in [5.74, 6) is -0.257. The summed E-state index contributed by atoms with van der Waals surface area (Å²) in [4.78, 5) is 4.52. The molecule has 0 saturated carbocycles. The second-order valence-electron chi connectivity index (χ2n) is 11.2. The van der Waals surface area contributed by atoms with Gasteiger partial charge < -0.3 is 9.80 Å². The van der Waals surface area contributed by atoms with Crippen molar-refractivity contribution in [2.24, 2.45) is 0 Å². The average molecular weight is 581 g/mol. The monoisotopic (exact) mass is 580 g/mol. The molecule has 0 N–H and O–H groups in total. The molecular weight excluding hydrogens is 551 g/mol. The van der Waals surface area contributed by atoms with Gasteiger partial charge in [-0.15, -0.1) is 0 Å². The molecule has 7 aromatic carbocycles. The van der Waals surface area contributed by atoms with Crippen molar-refractivity contribution in [1.29, 1.82) is 0 Å². The van der Waals surface area contributed by atoms with E-state index >= 15 is 0 Å². The minimum atomic E-state index is -0.257. The van der Waals surface area contributed by atoms with E-state index in [9.17, 15) is 4.39 Å². The molecule has 0 radical (unpaired) electrons. The Morgan fingerprint density at radius 2 is 0.756 bits per heavy atom. The Morgan fingerprint density at radius 3 is 1.29 bits per heavy atom. The largest absolute Gasteiger partial charge is 0.310 e. The van der Waals surface area contributed by atoms with Gasteiger partial charge in [0.05, 0.1) is 11.4 Å². The molecule has 1 aliphatic heterocycles. The lowest BCUT2D eigenvalue weighted by molar-refractivity contribution is 0.628. The van der Waals surface area contributed by atoms with E-state index in [4.69, 9.17) is 0 Å². The lowest BCUT2D eigenvalue weighted by Crippen LogP contribution is -2.12. The number of para-hydroxylation sites is 2. The van der Waals surface area contributed by atoms with Crippen molar-refractivity contribution in [2.75, 3.05) is 9.80 Å². The van der Waals surface area contributed by atoms with E-state index in [-0.39, 0.29) is 5.82 Å². The Bertz CT molecular complexity index is 2040. The molecule has 7 aromatic rings. The van der Waals surface area contributed by atoms with Crippen LogP contribution in [0.3, 0.4) is 0 Å². The second-order valence-corrected chi connectivity index (χ2v) is 11.2. The molecule has 45 heavy (non-hydrogen) atoms. The number of halogens is 1. The summed E-state index contributed by atoms with van der Waals surface area (Å²) < 4.78 is 14.0. The minimum absolute atomic E-state index is 0.257. The third kappa shape index (κ3) is 4.85. The predicted octanol–water partition coefficient (Wildman–Crippen LogP) is 12.1. The van der Waals surface area contributed by atoms with Gasteiger partial charge in [-0.1, -0.05) is 103 Å². The Hall–Kier alpha value is -5.93. The first kappa shape index (κ1) is 26.7. The van der Waals surface area contributed by atoms with Crippen molar-refractivity contribution in [3.63, 3.8) is 0 Å². The fraction of sp³-hybridized carbons (Fsp3) is 0. The minimum Gasteiger partial charge on any atom is -0.310 e. The number of hydrogen-bond donors (Lipinski definition) is 0. The van der Waals surface area contributed by atoms with Gasteiger partial charge in [0, 0.05) is 33.9 Å². The van der Waals surface area contributed by atoms with Crippen molar-refractivity contribution in [3.8, 4) is 33.4 Å². The van der Waals surface area contributed by atoms with Crippen molar-refractivity contribution in [1.82, 2.24) is 0 Å². The molecule has 0 atom stereocenters. The van der Waals surface area contributed by atoms with Gasteiger partial charge in [0.2, 0.25) is 0 Å². The Balaban J connectivity index is 1.23. The zero-order valence-electron chi connectivity index (χ0n) is 24.5. The number of rotatable bonds is 5. The molecule has 0 spiro atoms. The molecule has 8 rings (SSSR count). The number of fused-ring (bicyclic) bond motifs is 5. The van der Waals surface area contributed by atoms with E-state index in [1.165, 1.54) is 39.9 Å². The van der Waals surface area contributed by atoms with E-state index in [1.807, 2.05) is 18.2 Å². The molecular formula is C42H29FN2. The van der Waals surface area contributed by atoms with Crippen LogP contribution in [0.1, 0.15) is 0 Å². The van der Waals surface area contributed by atoms with E-state index in [0.29, 0.717) is 0 Å². The highest BCUT2D eigenvalue weighted by atomic mass is 19.1. The number of nitrogens with zero attached hydrogens (tertiary/aromatic N) is 2. The summed E-state index contributed by atoms with van der Waals surface area (Å²) in [6, 6.07) is 60.1. The van der Waals surface area contributed by atoms with Gasteiger partial charge in [-0.3, -0.25) is 0 Å². The Labute approximate surface area is 262 Å². The quantitative estimate of drug-likeness (QED) is 0.200. The summed E-state index contributed by atoms with van der Waals surface area (Å²) >= 11 is 0. The van der Waals surface area contributed by atoms with Crippen molar-refractivity contribution in [2.45, 2.75) is 0 Å². The maximum Gasteiger partial charge on any atom is 0.123 e. The smallest absolute Gasteiger partial charge is 0.123 e. The molecule has 214 valence electrons. The molecule has 0 aliphatic carbocycles. The molecule has 0 amide bonds. The van der Waals surface area contributed by atoms with Crippen LogP contribution in [0.15, 0.2) is 176 Å². The van der Waals surface area contributed by atoms with Gasteiger partial charge in [-0.05, 0) is 95.1 Å². The lowest BCUT2D eigenvalue weighted by Gasteiger charge is -2.29. The van der Waals surface area contributed by atoms with Gasteiger partial charge in [0.1, 0.15) is 5.82 Å². The molecule has 0 unspecified atom stereocenters. The van der Waals surface area contributed by atoms with Gasteiger partial charge in [-0.25, -0.2) is 4.39 Å². The number of anilines is 6. The van der Waals surface area contributed by atoms with E-state index in [0.717, 1.165) is 39.7 Å². The molecule has 0 aromatic heterocycles. The van der Waals surface area contributed by atoms with Crippen molar-refractivity contribution < 1.29 is 4.39 Å². The van der Waals surface area contributed by atoms with Gasteiger partial charge in [0.25, 0.3) is 0 Å². The highest BCUT2D eigenvalue weighted by Crippen LogP contribution is 2.50. The Morgan fingerprint density at radius 1 is 0.356 bits per heavy atom. The summed E-state index contributed by atoms with van der Waals surface area (Å²) in [6.45, 7) is 0. The van der Waals surface area contributed by atoms with E-state index in [1.54, 1.807) is 0 Å². The Kier molecular flexibility index (Phi) is 6.69. The zero-order valence-corrected chi connectivity index (χ0v) is 24.5. The van der Waals surface area contributed by atoms with Crippen LogP contribution >= 0.6 is 0 Å². The van der Waals surface area contributed by atoms with Crippen LogP contribution in [0.5, 0.6) is 0 Å². The maximum absolute atomic E-state index is 14.0. The van der Waals surface area contributed by atoms with Crippen LogP contribution in [-0.2, 0) is 0 Å². The second kappa shape index (κ2) is 11.3. The topological polar surface area (TPSA) is 6.48 Å². The first-order valence-corrected chi connectivity index (χ1v) is 15.1. The van der Waals surface area contributed by atoms with Crippen molar-refractivity contribution in [3.05, 3.63) is 182 Å². The summed E-state index contributed by atoms with van der Waals surface area (Å²) in [6.07, 6.45) is 0. The van der Waals surface area contributed by atoms with Crippen LogP contribution in [0, 0.1) is 5.82 Å². The lowest BCUT2D eigenvalue weighted by atomic mass is 9.95. The predicted molar refractivity (Wildman–Crippen MR) is 186 cm³/mol. The SMILES string of the molecule is Fc1ccc(N(c2ccc(-c3ccccc3)cc2)c2ccc(N3c4ccccc4-c4ccccc4-c4ccccc43)cc2)cc1. The summed E-state index contributed by atoms with van der Waals surface area (Å²) in [7, 11) is 0. The molecule has 0 saturated heterocycles. The molecule has 2 nitrogen and oxygen atoms in total. The fourth-order valence-corrected chi connectivity index (χ4v) is 6.38. The van der Waals surface area contributed by atoms with Gasteiger partial charge in [-0.2, -0.15) is 0 Å². The summed E-state index contributed by atoms with van der Waals surface area (Å²) in [5.41, 5.74) is 13.3. The molecule has 0 bridgehead atoms. The molecule has 3 heteroatoms. The van der Waals surface area contributed by atoms with Crippen LogP contribution in [0.4, 0.5) is 38.5 Å². The first-order valence-electron chi connectivity index (χ1n) is 15.1. The van der Waals surface area contributed by atoms with Crippen LogP contribution in [0.2, 0.25) is 0 Å². The maximum atomic E-state index is 14.0. The average Bonchev–Trinajstić information content (AvgIpc) is 3.23. The highest BCUT2D eigenvalue weighted by Gasteiger charge is 2.25. The highest BCUT2D eigenvalue weighted by molar-refractivity contribution is 6.02. The third-order valence-corrected chi connectivity index (χ3v) is 8.48. The first-order chi connectivity index (χ1) is 22.2. The summed E-state index contributed by atoms with van der Waals surface area (Å²) in [5, 5.41) is 0. The standard InChI is InChI=1S/C42H29FN2/c43-32-20-24-34(25-21-32)44(33-22-18-31(19-23-33)30-10-2-1-3-11-30)35-26-28-36(29-27-35)45-41-16-8-6-14-39(41)37-12-4-5-13-38(37)40-15-7-9-17-42(40)45/h1-29H. The van der Waals surface area contributed by atoms with Crippen molar-refractivity contribution >= 4 is 34.1 Å². The van der Waals surface area contributed by atoms with E-state index in [2.05, 4.69) is 155 Å². The fourth-order valence-electron chi connectivity index (χ4n) is 6.38. The number of hydrogen-bond acceptors (Lipinski definition) is 2. The van der Waals surface area contributed by atoms with Crippen LogP contribution in [0.25, 0.3) is 33.4 Å². The van der Waals surface area contributed by atoms with Gasteiger partial charge in [0.15, 0.2) is 0 Å².